The van der Waals surface area contributed by atoms with E-state index in [4.69, 9.17) is 9.47 Å². The van der Waals surface area contributed by atoms with Crippen LogP contribution in [0.5, 0.6) is 11.5 Å². The lowest BCUT2D eigenvalue weighted by molar-refractivity contribution is -0.134. The molecular formula is C22H23NO3. The maximum Gasteiger partial charge on any atom is 0.260 e. The van der Waals surface area contributed by atoms with Gasteiger partial charge in [-0.15, -0.1) is 0 Å². The van der Waals surface area contributed by atoms with Crippen molar-refractivity contribution in [3.05, 3.63) is 72.3 Å². The summed E-state index contributed by atoms with van der Waals surface area (Å²) in [6.45, 7) is 2.01. The van der Waals surface area contributed by atoms with Gasteiger partial charge in [0.15, 0.2) is 6.61 Å². The molecule has 0 aromatic heterocycles. The van der Waals surface area contributed by atoms with E-state index in [2.05, 4.69) is 0 Å². The van der Waals surface area contributed by atoms with Crippen molar-refractivity contribution in [2.24, 2.45) is 0 Å². The molecular weight excluding hydrogens is 326 g/mol. The minimum atomic E-state index is -0.0629. The van der Waals surface area contributed by atoms with Gasteiger partial charge in [0.2, 0.25) is 0 Å². The smallest absolute Gasteiger partial charge is 0.260 e. The molecule has 4 nitrogen and oxygen atoms in total. The molecule has 3 aromatic rings. The molecule has 0 bridgehead atoms. The first-order valence-electron chi connectivity index (χ1n) is 8.59. The number of ether oxygens (including phenoxy) is 2. The lowest BCUT2D eigenvalue weighted by Crippen LogP contribution is -2.33. The van der Waals surface area contributed by atoms with Crippen molar-refractivity contribution in [3.63, 3.8) is 0 Å². The fourth-order valence-corrected chi connectivity index (χ4v) is 2.84. The van der Waals surface area contributed by atoms with E-state index in [1.807, 2.05) is 73.7 Å². The average molecular weight is 349 g/mol. The van der Waals surface area contributed by atoms with Crippen molar-refractivity contribution in [1.82, 2.24) is 4.90 Å². The minimum Gasteiger partial charge on any atom is -0.497 e. The SMILES string of the molecule is COc1ccc2ccc(OCC(=O)N(C)[C@H](C)c3ccccc3)cc2c1. The molecule has 0 radical (unpaired) electrons. The summed E-state index contributed by atoms with van der Waals surface area (Å²) in [4.78, 5) is 14.2. The lowest BCUT2D eigenvalue weighted by atomic mass is 10.1. The van der Waals surface area contributed by atoms with Crippen molar-refractivity contribution < 1.29 is 14.3 Å². The van der Waals surface area contributed by atoms with Crippen molar-refractivity contribution in [1.29, 1.82) is 0 Å². The fourth-order valence-electron chi connectivity index (χ4n) is 2.84. The highest BCUT2D eigenvalue weighted by molar-refractivity contribution is 5.85. The Morgan fingerprint density at radius 1 is 0.962 bits per heavy atom. The first kappa shape index (κ1) is 17.8. The number of hydrogen-bond acceptors (Lipinski definition) is 3. The monoisotopic (exact) mass is 349 g/mol. The summed E-state index contributed by atoms with van der Waals surface area (Å²) in [5.74, 6) is 1.40. The molecule has 4 heteroatoms. The third-order valence-electron chi connectivity index (χ3n) is 4.64. The number of carbonyl (C=O) groups is 1. The summed E-state index contributed by atoms with van der Waals surface area (Å²) in [5, 5.41) is 2.11. The van der Waals surface area contributed by atoms with E-state index in [9.17, 15) is 4.79 Å². The van der Waals surface area contributed by atoms with E-state index in [-0.39, 0.29) is 18.6 Å². The molecule has 0 saturated carbocycles. The molecule has 0 fully saturated rings. The summed E-state index contributed by atoms with van der Waals surface area (Å²) in [6.07, 6.45) is 0. The van der Waals surface area contributed by atoms with Crippen LogP contribution in [-0.2, 0) is 4.79 Å². The molecule has 0 aliphatic heterocycles. The van der Waals surface area contributed by atoms with Crippen molar-refractivity contribution in [2.45, 2.75) is 13.0 Å². The Bertz CT molecular complexity index is 892. The first-order chi connectivity index (χ1) is 12.6. The molecule has 0 aliphatic rings. The molecule has 1 atom stereocenters. The van der Waals surface area contributed by atoms with Crippen molar-refractivity contribution >= 4 is 16.7 Å². The number of methoxy groups -OCH3 is 1. The minimum absolute atomic E-state index is 0.00312. The number of hydrogen-bond donors (Lipinski definition) is 0. The molecule has 0 saturated heterocycles. The van der Waals surface area contributed by atoms with E-state index in [1.54, 1.807) is 19.1 Å². The standard InChI is InChI=1S/C22H23NO3/c1-16(17-7-5-4-6-8-17)23(2)22(24)15-26-21-12-10-18-9-11-20(25-3)13-19(18)14-21/h4-14,16H,15H2,1-3H3/t16-/m1/s1. The average Bonchev–Trinajstić information content (AvgIpc) is 2.70. The Morgan fingerprint density at radius 2 is 1.62 bits per heavy atom. The van der Waals surface area contributed by atoms with Crippen LogP contribution >= 0.6 is 0 Å². The van der Waals surface area contributed by atoms with Gasteiger partial charge in [0.25, 0.3) is 5.91 Å². The van der Waals surface area contributed by atoms with Crippen LogP contribution in [0.4, 0.5) is 0 Å². The maximum atomic E-state index is 12.5. The highest BCUT2D eigenvalue weighted by Gasteiger charge is 2.17. The molecule has 0 N–H and O–H groups in total. The van der Waals surface area contributed by atoms with Crippen LogP contribution in [0.25, 0.3) is 10.8 Å². The Kier molecular flexibility index (Phi) is 5.42. The first-order valence-corrected chi connectivity index (χ1v) is 8.59. The summed E-state index contributed by atoms with van der Waals surface area (Å²) >= 11 is 0. The number of likely N-dealkylation sites (N-methyl/N-ethyl adjacent to an activating group) is 1. The van der Waals surface area contributed by atoms with Gasteiger partial charge in [-0.3, -0.25) is 4.79 Å². The highest BCUT2D eigenvalue weighted by atomic mass is 16.5. The molecule has 3 aromatic carbocycles. The van der Waals surface area contributed by atoms with Gasteiger partial charge in [0.1, 0.15) is 11.5 Å². The van der Waals surface area contributed by atoms with Gasteiger partial charge in [-0.05, 0) is 47.5 Å². The second kappa shape index (κ2) is 7.91. The zero-order valence-electron chi connectivity index (χ0n) is 15.3. The van der Waals surface area contributed by atoms with E-state index < -0.39 is 0 Å². The van der Waals surface area contributed by atoms with E-state index >= 15 is 0 Å². The van der Waals surface area contributed by atoms with Gasteiger partial charge < -0.3 is 14.4 Å². The summed E-state index contributed by atoms with van der Waals surface area (Å²) in [6, 6.07) is 21.6. The zero-order valence-corrected chi connectivity index (χ0v) is 15.3. The molecule has 1 amide bonds. The quantitative estimate of drug-likeness (QED) is 0.660. The zero-order chi connectivity index (χ0) is 18.5. The molecule has 0 heterocycles. The number of rotatable bonds is 6. The summed E-state index contributed by atoms with van der Waals surface area (Å²) < 4.78 is 11.0. The van der Waals surface area contributed by atoms with Gasteiger partial charge in [0, 0.05) is 7.05 Å². The van der Waals surface area contributed by atoms with Gasteiger partial charge in [-0.25, -0.2) is 0 Å². The second-order valence-electron chi connectivity index (χ2n) is 6.25. The Balaban J connectivity index is 1.66. The third-order valence-corrected chi connectivity index (χ3v) is 4.64. The van der Waals surface area contributed by atoms with Crippen LogP contribution in [0.3, 0.4) is 0 Å². The maximum absolute atomic E-state index is 12.5. The van der Waals surface area contributed by atoms with Crippen LogP contribution in [0, 0.1) is 0 Å². The van der Waals surface area contributed by atoms with E-state index in [0.717, 1.165) is 22.1 Å². The van der Waals surface area contributed by atoms with Gasteiger partial charge in [-0.1, -0.05) is 42.5 Å². The van der Waals surface area contributed by atoms with Gasteiger partial charge in [0.05, 0.1) is 13.2 Å². The Labute approximate surface area is 154 Å². The van der Waals surface area contributed by atoms with Crippen LogP contribution in [0.1, 0.15) is 18.5 Å². The Hall–Kier alpha value is -3.01. The normalized spacial score (nSPS) is 11.8. The largest absolute Gasteiger partial charge is 0.497 e. The number of amides is 1. The second-order valence-corrected chi connectivity index (χ2v) is 6.25. The number of fused-ring (bicyclic) bond motifs is 1. The highest BCUT2D eigenvalue weighted by Crippen LogP contribution is 2.25. The third kappa shape index (κ3) is 3.97. The van der Waals surface area contributed by atoms with Crippen LogP contribution in [0.2, 0.25) is 0 Å². The predicted octanol–water partition coefficient (Wildman–Crippen LogP) is 4.45. The number of benzene rings is 3. The number of nitrogens with zero attached hydrogens (tertiary/aromatic N) is 1. The fraction of sp³-hybridized carbons (Fsp3) is 0.227. The van der Waals surface area contributed by atoms with Crippen LogP contribution in [0.15, 0.2) is 66.7 Å². The molecule has 3 rings (SSSR count). The van der Waals surface area contributed by atoms with Crippen molar-refractivity contribution in [3.8, 4) is 11.5 Å². The molecule has 26 heavy (non-hydrogen) atoms. The molecule has 0 aliphatic carbocycles. The Morgan fingerprint density at radius 3 is 2.31 bits per heavy atom. The van der Waals surface area contributed by atoms with Crippen molar-refractivity contribution in [2.75, 3.05) is 20.8 Å². The topological polar surface area (TPSA) is 38.8 Å². The van der Waals surface area contributed by atoms with E-state index in [1.165, 1.54) is 0 Å². The lowest BCUT2D eigenvalue weighted by Gasteiger charge is -2.25. The molecule has 0 spiro atoms. The summed E-state index contributed by atoms with van der Waals surface area (Å²) in [5.41, 5.74) is 1.10. The number of carbonyl (C=O) groups excluding carboxylic acids is 1. The molecule has 134 valence electrons. The van der Waals surface area contributed by atoms with Crippen LogP contribution < -0.4 is 9.47 Å². The van der Waals surface area contributed by atoms with E-state index in [0.29, 0.717) is 5.75 Å². The van der Waals surface area contributed by atoms with Crippen LogP contribution in [-0.4, -0.2) is 31.6 Å². The predicted molar refractivity (Wildman–Crippen MR) is 104 cm³/mol. The summed E-state index contributed by atoms with van der Waals surface area (Å²) in [7, 11) is 3.44. The van der Waals surface area contributed by atoms with Gasteiger partial charge >= 0.3 is 0 Å². The van der Waals surface area contributed by atoms with Gasteiger partial charge in [-0.2, -0.15) is 0 Å². The molecule has 0 unspecified atom stereocenters.